The van der Waals surface area contributed by atoms with E-state index in [-0.39, 0.29) is 0 Å². The number of nitrogen functional groups attached to an aromatic ring is 1. The van der Waals surface area contributed by atoms with Gasteiger partial charge < -0.3 is 4.90 Å². The molecule has 5 nitrogen and oxygen atoms in total. The van der Waals surface area contributed by atoms with Crippen LogP contribution in [0.25, 0.3) is 10.2 Å². The summed E-state index contributed by atoms with van der Waals surface area (Å²) in [5.41, 5.74) is 2.56. The number of hydrazine groups is 1. The van der Waals surface area contributed by atoms with Crippen molar-refractivity contribution in [3.8, 4) is 0 Å². The van der Waals surface area contributed by atoms with Crippen molar-refractivity contribution in [3.63, 3.8) is 0 Å². The molecule has 19 heavy (non-hydrogen) atoms. The Labute approximate surface area is 117 Å². The summed E-state index contributed by atoms with van der Waals surface area (Å²) in [4.78, 5) is 13.5. The zero-order valence-corrected chi connectivity index (χ0v) is 12.5. The normalized spacial score (nSPS) is 10.9. The van der Waals surface area contributed by atoms with E-state index in [2.05, 4.69) is 47.1 Å². The topological polar surface area (TPSA) is 67.1 Å². The van der Waals surface area contributed by atoms with Crippen LogP contribution in [0.3, 0.4) is 0 Å². The van der Waals surface area contributed by atoms with E-state index in [1.165, 1.54) is 11.3 Å². The fraction of sp³-hybridized carbons (Fsp3) is 0.538. The number of fused-ring (bicyclic) bond motifs is 1. The predicted molar refractivity (Wildman–Crippen MR) is 82.8 cm³/mol. The minimum Gasteiger partial charge on any atom is -0.356 e. The van der Waals surface area contributed by atoms with Gasteiger partial charge in [0.2, 0.25) is 5.95 Å². The molecule has 0 saturated heterocycles. The van der Waals surface area contributed by atoms with Crippen molar-refractivity contribution < 1.29 is 0 Å². The highest BCUT2D eigenvalue weighted by molar-refractivity contribution is 7.18. The van der Waals surface area contributed by atoms with E-state index in [9.17, 15) is 0 Å². The second kappa shape index (κ2) is 6.16. The number of unbranched alkanes of at least 4 members (excludes halogenated alkanes) is 1. The molecule has 0 spiro atoms. The van der Waals surface area contributed by atoms with Crippen LogP contribution in [0.15, 0.2) is 6.07 Å². The number of nitrogens with two attached hydrogens (primary N) is 1. The fourth-order valence-corrected chi connectivity index (χ4v) is 2.97. The summed E-state index contributed by atoms with van der Waals surface area (Å²) in [6.07, 6.45) is 2.34. The molecule has 0 aromatic carbocycles. The molecule has 0 aliphatic heterocycles. The average Bonchev–Trinajstić information content (AvgIpc) is 2.79. The lowest BCUT2D eigenvalue weighted by Crippen LogP contribution is -2.26. The standard InChI is InChI=1S/C13H21N5S/c1-4-6-7-18(5-2)11-10-8-9(3)19-12(10)16-13(15-11)17-14/h8H,4-7,14H2,1-3H3,(H,15,16,17). The maximum atomic E-state index is 5.47. The van der Waals surface area contributed by atoms with Crippen LogP contribution in [0.5, 0.6) is 0 Å². The molecular formula is C13H21N5S. The number of rotatable bonds is 6. The average molecular weight is 279 g/mol. The SMILES string of the molecule is CCCCN(CC)c1nc(NN)nc2sc(C)cc12. The summed E-state index contributed by atoms with van der Waals surface area (Å²) in [7, 11) is 0. The van der Waals surface area contributed by atoms with Crippen molar-refractivity contribution >= 4 is 33.3 Å². The number of aryl methyl sites for hydroxylation is 1. The molecule has 2 rings (SSSR count). The largest absolute Gasteiger partial charge is 0.356 e. The van der Waals surface area contributed by atoms with Crippen LogP contribution in [-0.4, -0.2) is 23.1 Å². The second-order valence-corrected chi connectivity index (χ2v) is 5.76. The summed E-state index contributed by atoms with van der Waals surface area (Å²) < 4.78 is 0. The van der Waals surface area contributed by atoms with E-state index in [0.717, 1.165) is 35.5 Å². The van der Waals surface area contributed by atoms with Gasteiger partial charge in [0, 0.05) is 18.0 Å². The molecular weight excluding hydrogens is 258 g/mol. The minimum atomic E-state index is 0.485. The van der Waals surface area contributed by atoms with Gasteiger partial charge >= 0.3 is 0 Å². The molecule has 0 aliphatic rings. The Bertz CT molecular complexity index is 551. The maximum absolute atomic E-state index is 5.47. The van der Waals surface area contributed by atoms with Crippen molar-refractivity contribution in [1.82, 2.24) is 9.97 Å². The maximum Gasteiger partial charge on any atom is 0.240 e. The first-order valence-electron chi connectivity index (χ1n) is 6.69. The minimum absolute atomic E-state index is 0.485. The molecule has 2 aromatic heterocycles. The van der Waals surface area contributed by atoms with Crippen LogP contribution < -0.4 is 16.2 Å². The van der Waals surface area contributed by atoms with Gasteiger partial charge in [-0.15, -0.1) is 11.3 Å². The lowest BCUT2D eigenvalue weighted by molar-refractivity contribution is 0.726. The summed E-state index contributed by atoms with van der Waals surface area (Å²) in [5, 5.41) is 1.12. The molecule has 6 heteroatoms. The number of anilines is 2. The second-order valence-electron chi connectivity index (χ2n) is 4.52. The smallest absolute Gasteiger partial charge is 0.240 e. The lowest BCUT2D eigenvalue weighted by Gasteiger charge is -2.22. The number of nitrogens with zero attached hydrogens (tertiary/aromatic N) is 3. The monoisotopic (exact) mass is 279 g/mol. The third-order valence-electron chi connectivity index (χ3n) is 3.09. The van der Waals surface area contributed by atoms with Crippen molar-refractivity contribution in [2.45, 2.75) is 33.6 Å². The number of thiophene rings is 1. The molecule has 3 N–H and O–H groups in total. The van der Waals surface area contributed by atoms with Crippen LogP contribution >= 0.6 is 11.3 Å². The first-order chi connectivity index (χ1) is 9.19. The Hall–Kier alpha value is -1.40. The number of hydrogen-bond acceptors (Lipinski definition) is 6. The van der Waals surface area contributed by atoms with Crippen LogP contribution in [0.2, 0.25) is 0 Å². The van der Waals surface area contributed by atoms with Crippen molar-refractivity contribution in [3.05, 3.63) is 10.9 Å². The molecule has 2 aromatic rings. The van der Waals surface area contributed by atoms with Crippen LogP contribution in [0.4, 0.5) is 11.8 Å². The number of nitrogens with one attached hydrogen (secondary N) is 1. The van der Waals surface area contributed by atoms with Crippen LogP contribution in [0, 0.1) is 6.92 Å². The quantitative estimate of drug-likeness (QED) is 0.628. The summed E-state index contributed by atoms with van der Waals surface area (Å²) in [5.74, 6) is 6.94. The van der Waals surface area contributed by atoms with Gasteiger partial charge in [0.15, 0.2) is 0 Å². The molecule has 0 atom stereocenters. The predicted octanol–water partition coefficient (Wildman–Crippen LogP) is 2.91. The molecule has 0 saturated carbocycles. The Kier molecular flexibility index (Phi) is 4.55. The Morgan fingerprint density at radius 2 is 2.16 bits per heavy atom. The van der Waals surface area contributed by atoms with Gasteiger partial charge in [-0.3, -0.25) is 5.43 Å². The highest BCUT2D eigenvalue weighted by Crippen LogP contribution is 2.31. The summed E-state index contributed by atoms with van der Waals surface area (Å²) in [6, 6.07) is 2.16. The molecule has 104 valence electrons. The van der Waals surface area contributed by atoms with Gasteiger partial charge in [-0.25, -0.2) is 10.8 Å². The van der Waals surface area contributed by atoms with Gasteiger partial charge in [0.05, 0.1) is 5.39 Å². The molecule has 2 heterocycles. The fourth-order valence-electron chi connectivity index (χ4n) is 2.10. The molecule has 0 unspecified atom stereocenters. The van der Waals surface area contributed by atoms with E-state index in [4.69, 9.17) is 5.84 Å². The molecule has 0 bridgehead atoms. The van der Waals surface area contributed by atoms with E-state index >= 15 is 0 Å². The lowest BCUT2D eigenvalue weighted by atomic mass is 10.2. The van der Waals surface area contributed by atoms with Gasteiger partial charge in [0.1, 0.15) is 10.6 Å². The van der Waals surface area contributed by atoms with E-state index in [1.807, 2.05) is 0 Å². The van der Waals surface area contributed by atoms with Gasteiger partial charge in [-0.1, -0.05) is 13.3 Å². The van der Waals surface area contributed by atoms with Gasteiger partial charge in [-0.2, -0.15) is 4.98 Å². The van der Waals surface area contributed by atoms with E-state index < -0.39 is 0 Å². The molecule has 0 radical (unpaired) electrons. The van der Waals surface area contributed by atoms with Crippen molar-refractivity contribution in [2.24, 2.45) is 5.84 Å². The van der Waals surface area contributed by atoms with E-state index in [1.54, 1.807) is 11.3 Å². The highest BCUT2D eigenvalue weighted by atomic mass is 32.1. The molecule has 0 fully saturated rings. The zero-order valence-electron chi connectivity index (χ0n) is 11.7. The third kappa shape index (κ3) is 2.96. The molecule has 0 aliphatic carbocycles. The van der Waals surface area contributed by atoms with Crippen LogP contribution in [0.1, 0.15) is 31.6 Å². The van der Waals surface area contributed by atoms with Gasteiger partial charge in [0.25, 0.3) is 0 Å². The summed E-state index contributed by atoms with van der Waals surface area (Å²) in [6.45, 7) is 8.39. The number of aromatic nitrogens is 2. The Morgan fingerprint density at radius 3 is 2.79 bits per heavy atom. The zero-order chi connectivity index (χ0) is 13.8. The first kappa shape index (κ1) is 14.0. The van der Waals surface area contributed by atoms with Gasteiger partial charge in [-0.05, 0) is 26.3 Å². The summed E-state index contributed by atoms with van der Waals surface area (Å²) >= 11 is 1.67. The Balaban J connectivity index is 2.48. The van der Waals surface area contributed by atoms with Crippen molar-refractivity contribution in [2.75, 3.05) is 23.4 Å². The Morgan fingerprint density at radius 1 is 1.37 bits per heavy atom. The first-order valence-corrected chi connectivity index (χ1v) is 7.51. The molecule has 0 amide bonds. The number of hydrogen-bond donors (Lipinski definition) is 2. The van der Waals surface area contributed by atoms with Crippen molar-refractivity contribution in [1.29, 1.82) is 0 Å². The van der Waals surface area contributed by atoms with E-state index in [0.29, 0.717) is 5.95 Å². The third-order valence-corrected chi connectivity index (χ3v) is 4.03. The van der Waals surface area contributed by atoms with Crippen LogP contribution in [-0.2, 0) is 0 Å². The highest BCUT2D eigenvalue weighted by Gasteiger charge is 2.14.